The molecular formula is C18H27NO3Si. The molecule has 0 aliphatic heterocycles. The van der Waals surface area contributed by atoms with Gasteiger partial charge in [0, 0.05) is 18.0 Å². The first kappa shape index (κ1) is 17.6. The van der Waals surface area contributed by atoms with Crippen LogP contribution in [0, 0.1) is 0 Å². The van der Waals surface area contributed by atoms with Crippen LogP contribution in [0.3, 0.4) is 0 Å². The van der Waals surface area contributed by atoms with Gasteiger partial charge >= 0.3 is 5.97 Å². The van der Waals surface area contributed by atoms with E-state index in [0.29, 0.717) is 6.42 Å². The van der Waals surface area contributed by atoms with Gasteiger partial charge in [-0.3, -0.25) is 0 Å². The predicted octanol–water partition coefficient (Wildman–Crippen LogP) is 4.78. The fraction of sp³-hybridized carbons (Fsp3) is 0.500. The van der Waals surface area contributed by atoms with Crippen LogP contribution < -0.4 is 9.26 Å². The second-order valence-corrected chi connectivity index (χ2v) is 12.1. The Morgan fingerprint density at radius 3 is 2.52 bits per heavy atom. The minimum absolute atomic E-state index is 0.130. The van der Waals surface area contributed by atoms with Gasteiger partial charge < -0.3 is 9.26 Å². The molecule has 0 fully saturated rings. The SMILES string of the molecule is CCCC(=O)On1ccc2c(O[Si](C)(C)C(C)(C)C)cccc21. The molecule has 0 N–H and O–H groups in total. The topological polar surface area (TPSA) is 40.5 Å². The second-order valence-electron chi connectivity index (χ2n) is 7.41. The highest BCUT2D eigenvalue weighted by atomic mass is 28.4. The van der Waals surface area contributed by atoms with Crippen molar-refractivity contribution in [2.75, 3.05) is 0 Å². The molecule has 0 unspecified atom stereocenters. The van der Waals surface area contributed by atoms with E-state index in [1.165, 1.54) is 4.73 Å². The van der Waals surface area contributed by atoms with Gasteiger partial charge in [0.1, 0.15) is 5.75 Å². The number of rotatable bonds is 5. The summed E-state index contributed by atoms with van der Waals surface area (Å²) in [6, 6.07) is 7.81. The average molecular weight is 334 g/mol. The average Bonchev–Trinajstić information content (AvgIpc) is 2.82. The highest BCUT2D eigenvalue weighted by molar-refractivity contribution is 6.74. The number of fused-ring (bicyclic) bond motifs is 1. The Labute approximate surface area is 139 Å². The predicted molar refractivity (Wildman–Crippen MR) is 96.3 cm³/mol. The van der Waals surface area contributed by atoms with E-state index in [9.17, 15) is 4.79 Å². The highest BCUT2D eigenvalue weighted by Gasteiger charge is 2.39. The Morgan fingerprint density at radius 2 is 1.91 bits per heavy atom. The van der Waals surface area contributed by atoms with Crippen LogP contribution in [0.2, 0.25) is 18.1 Å². The van der Waals surface area contributed by atoms with Crippen molar-refractivity contribution in [3.8, 4) is 5.75 Å². The van der Waals surface area contributed by atoms with E-state index in [-0.39, 0.29) is 11.0 Å². The minimum atomic E-state index is -1.92. The van der Waals surface area contributed by atoms with Crippen molar-refractivity contribution in [3.05, 3.63) is 30.5 Å². The number of benzene rings is 1. The van der Waals surface area contributed by atoms with Crippen LogP contribution in [-0.2, 0) is 4.79 Å². The molecule has 0 amide bonds. The lowest BCUT2D eigenvalue weighted by Crippen LogP contribution is -2.43. The summed E-state index contributed by atoms with van der Waals surface area (Å²) >= 11 is 0. The maximum Gasteiger partial charge on any atom is 0.332 e. The molecule has 4 nitrogen and oxygen atoms in total. The molecule has 0 aliphatic carbocycles. The number of nitrogens with zero attached hydrogens (tertiary/aromatic N) is 1. The number of carbonyl (C=O) groups is 1. The van der Waals surface area contributed by atoms with Crippen molar-refractivity contribution < 1.29 is 14.1 Å². The zero-order valence-corrected chi connectivity index (χ0v) is 16.0. The minimum Gasteiger partial charge on any atom is -0.543 e. The van der Waals surface area contributed by atoms with Crippen LogP contribution in [0.5, 0.6) is 5.75 Å². The summed E-state index contributed by atoms with van der Waals surface area (Å²) in [5.41, 5.74) is 0.852. The normalized spacial score (nSPS) is 12.4. The van der Waals surface area contributed by atoms with Crippen molar-refractivity contribution in [2.45, 2.75) is 58.7 Å². The van der Waals surface area contributed by atoms with Crippen molar-refractivity contribution >= 4 is 25.2 Å². The van der Waals surface area contributed by atoms with Crippen LogP contribution in [0.15, 0.2) is 30.5 Å². The van der Waals surface area contributed by atoms with Crippen LogP contribution in [0.25, 0.3) is 10.9 Å². The zero-order chi connectivity index (χ0) is 17.3. The summed E-state index contributed by atoms with van der Waals surface area (Å²) in [6.45, 7) is 13.1. The molecule has 1 aromatic heterocycles. The van der Waals surface area contributed by atoms with Gasteiger partial charge in [0.15, 0.2) is 0 Å². The monoisotopic (exact) mass is 333 g/mol. The van der Waals surface area contributed by atoms with Gasteiger partial charge in [-0.2, -0.15) is 4.73 Å². The first-order valence-electron chi connectivity index (χ1n) is 8.16. The molecule has 0 saturated heterocycles. The van der Waals surface area contributed by atoms with Gasteiger partial charge in [-0.05, 0) is 42.8 Å². The number of hydrogen-bond acceptors (Lipinski definition) is 3. The third kappa shape index (κ3) is 3.78. The van der Waals surface area contributed by atoms with E-state index in [0.717, 1.165) is 23.1 Å². The van der Waals surface area contributed by atoms with Crippen molar-refractivity contribution in [3.63, 3.8) is 0 Å². The largest absolute Gasteiger partial charge is 0.543 e. The summed E-state index contributed by atoms with van der Waals surface area (Å²) in [5, 5.41) is 1.10. The molecule has 0 radical (unpaired) electrons. The maximum atomic E-state index is 11.7. The summed E-state index contributed by atoms with van der Waals surface area (Å²) in [4.78, 5) is 17.1. The van der Waals surface area contributed by atoms with Gasteiger partial charge in [0.05, 0.1) is 5.52 Å². The molecule has 2 aromatic rings. The van der Waals surface area contributed by atoms with Crippen molar-refractivity contribution in [1.82, 2.24) is 4.73 Å². The number of hydrogen-bond donors (Lipinski definition) is 0. The molecule has 1 heterocycles. The highest BCUT2D eigenvalue weighted by Crippen LogP contribution is 2.39. The first-order chi connectivity index (χ1) is 10.7. The molecule has 0 atom stereocenters. The van der Waals surface area contributed by atoms with Gasteiger partial charge in [-0.15, -0.1) is 0 Å². The standard InChI is InChI=1S/C18H27NO3Si/c1-7-9-17(20)21-19-13-12-14-15(19)10-8-11-16(14)22-23(5,6)18(2,3)4/h8,10-13H,7,9H2,1-6H3. The fourth-order valence-electron chi connectivity index (χ4n) is 2.07. The third-order valence-corrected chi connectivity index (χ3v) is 8.83. The molecule has 0 spiro atoms. The lowest BCUT2D eigenvalue weighted by Gasteiger charge is -2.36. The molecule has 5 heteroatoms. The van der Waals surface area contributed by atoms with Crippen LogP contribution >= 0.6 is 0 Å². The van der Waals surface area contributed by atoms with E-state index < -0.39 is 8.32 Å². The third-order valence-electron chi connectivity index (χ3n) is 4.48. The quantitative estimate of drug-likeness (QED) is 0.739. The number of aromatic nitrogens is 1. The van der Waals surface area contributed by atoms with E-state index in [4.69, 9.17) is 9.26 Å². The van der Waals surface area contributed by atoms with Gasteiger partial charge in [0.2, 0.25) is 0 Å². The molecular weight excluding hydrogens is 306 g/mol. The molecule has 0 aliphatic rings. The van der Waals surface area contributed by atoms with Gasteiger partial charge in [-0.25, -0.2) is 4.79 Å². The lowest BCUT2D eigenvalue weighted by atomic mass is 10.2. The summed E-state index contributed by atoms with van der Waals surface area (Å²) < 4.78 is 7.96. The molecule has 0 bridgehead atoms. The Bertz CT molecular complexity index is 698. The lowest BCUT2D eigenvalue weighted by molar-refractivity contribution is -0.143. The van der Waals surface area contributed by atoms with E-state index in [2.05, 4.69) is 33.9 Å². The second kappa shape index (κ2) is 6.39. The zero-order valence-electron chi connectivity index (χ0n) is 15.0. The van der Waals surface area contributed by atoms with E-state index >= 15 is 0 Å². The Morgan fingerprint density at radius 1 is 1.22 bits per heavy atom. The van der Waals surface area contributed by atoms with Crippen molar-refractivity contribution in [1.29, 1.82) is 0 Å². The Kier molecular flexibility index (Phi) is 4.89. The van der Waals surface area contributed by atoms with E-state index in [1.54, 1.807) is 6.20 Å². The Hall–Kier alpha value is -1.75. The maximum absolute atomic E-state index is 11.7. The van der Waals surface area contributed by atoms with Gasteiger partial charge in [-0.1, -0.05) is 33.8 Å². The molecule has 2 rings (SSSR count). The summed E-state index contributed by atoms with van der Waals surface area (Å²) in [6.07, 6.45) is 2.97. The first-order valence-corrected chi connectivity index (χ1v) is 11.1. The number of carbonyl (C=O) groups excluding carboxylic acids is 1. The van der Waals surface area contributed by atoms with E-state index in [1.807, 2.05) is 31.2 Å². The molecule has 1 aromatic carbocycles. The summed E-state index contributed by atoms with van der Waals surface area (Å²) in [7, 11) is -1.92. The van der Waals surface area contributed by atoms with Crippen molar-refractivity contribution in [2.24, 2.45) is 0 Å². The van der Waals surface area contributed by atoms with Crippen LogP contribution in [0.4, 0.5) is 0 Å². The molecule has 126 valence electrons. The molecule has 0 saturated carbocycles. The molecule has 23 heavy (non-hydrogen) atoms. The van der Waals surface area contributed by atoms with Crippen LogP contribution in [0.1, 0.15) is 40.5 Å². The fourth-order valence-corrected chi connectivity index (χ4v) is 3.10. The Balaban J connectivity index is 2.34. The van der Waals surface area contributed by atoms with Gasteiger partial charge in [0.25, 0.3) is 8.32 Å². The van der Waals surface area contributed by atoms with Crippen LogP contribution in [-0.4, -0.2) is 19.0 Å². The summed E-state index contributed by atoms with van der Waals surface area (Å²) in [5.74, 6) is 0.639. The smallest absolute Gasteiger partial charge is 0.332 e.